The van der Waals surface area contributed by atoms with E-state index in [0.717, 1.165) is 31.3 Å². The molecule has 0 atom stereocenters. The molecule has 1 heterocycles. The first-order chi connectivity index (χ1) is 13.1. The summed E-state index contributed by atoms with van der Waals surface area (Å²) in [7, 11) is 0. The van der Waals surface area contributed by atoms with Crippen molar-refractivity contribution in [2.45, 2.75) is 15.0 Å². The Balaban J connectivity index is 1.54. The lowest BCUT2D eigenvalue weighted by Gasteiger charge is -2.05. The highest BCUT2D eigenvalue weighted by Gasteiger charge is 2.10. The molecule has 0 unspecified atom stereocenters. The van der Waals surface area contributed by atoms with Gasteiger partial charge in [0.25, 0.3) is 5.91 Å². The number of benzene rings is 2. The molecule has 27 heavy (non-hydrogen) atoms. The summed E-state index contributed by atoms with van der Waals surface area (Å²) in [6, 6.07) is 15.3. The zero-order valence-corrected chi connectivity index (χ0v) is 17.4. The van der Waals surface area contributed by atoms with Crippen molar-refractivity contribution in [3.8, 4) is 0 Å². The highest BCUT2D eigenvalue weighted by molar-refractivity contribution is 8.01. The summed E-state index contributed by atoms with van der Waals surface area (Å²) < 4.78 is 0.805. The number of carbonyl (C=O) groups is 1. The first-order valence-electron chi connectivity index (χ1n) is 8.00. The van der Waals surface area contributed by atoms with E-state index >= 15 is 0 Å². The molecule has 0 saturated carbocycles. The molecule has 1 aromatic heterocycles. The first-order valence-corrected chi connectivity index (χ1v) is 11.2. The maximum atomic E-state index is 12.3. The first kappa shape index (κ1) is 19.9. The van der Waals surface area contributed by atoms with Crippen LogP contribution in [0.25, 0.3) is 0 Å². The number of hydrogen-bond donors (Lipinski definition) is 1. The van der Waals surface area contributed by atoms with Crippen LogP contribution >= 0.6 is 46.5 Å². The third-order valence-electron chi connectivity index (χ3n) is 3.39. The molecule has 0 saturated heterocycles. The molecule has 0 aliphatic heterocycles. The van der Waals surface area contributed by atoms with Gasteiger partial charge in [-0.25, -0.2) is 0 Å². The Bertz CT molecular complexity index is 911. The molecule has 0 fully saturated rings. The van der Waals surface area contributed by atoms with Crippen LogP contribution in [0.1, 0.15) is 15.9 Å². The van der Waals surface area contributed by atoms with Crippen LogP contribution in [0, 0.1) is 0 Å². The predicted molar refractivity (Wildman–Crippen MR) is 116 cm³/mol. The number of nitrogens with one attached hydrogen (secondary N) is 1. The highest BCUT2D eigenvalue weighted by atomic mass is 35.5. The summed E-state index contributed by atoms with van der Waals surface area (Å²) in [5.74, 6) is 1.39. The quantitative estimate of drug-likeness (QED) is 0.267. The number of nitrogens with zero attached hydrogens (tertiary/aromatic N) is 2. The number of carbonyl (C=O) groups excluding carboxylic acids is 1. The van der Waals surface area contributed by atoms with Crippen LogP contribution in [0.4, 0.5) is 5.13 Å². The minimum atomic E-state index is -0.191. The molecule has 1 amide bonds. The van der Waals surface area contributed by atoms with Gasteiger partial charge in [0.1, 0.15) is 0 Å². The Morgan fingerprint density at radius 3 is 2.56 bits per heavy atom. The van der Waals surface area contributed by atoms with Crippen molar-refractivity contribution in [1.29, 1.82) is 0 Å². The van der Waals surface area contributed by atoms with Crippen LogP contribution in [0.15, 0.2) is 70.4 Å². The van der Waals surface area contributed by atoms with E-state index in [4.69, 9.17) is 11.6 Å². The Morgan fingerprint density at radius 1 is 1.11 bits per heavy atom. The number of anilines is 1. The predicted octanol–water partition coefficient (Wildman–Crippen LogP) is 6.01. The van der Waals surface area contributed by atoms with E-state index in [1.54, 1.807) is 17.8 Å². The maximum absolute atomic E-state index is 12.3. The summed E-state index contributed by atoms with van der Waals surface area (Å²) in [5.41, 5.74) is 1.73. The van der Waals surface area contributed by atoms with Gasteiger partial charge in [-0.15, -0.1) is 28.5 Å². The van der Waals surface area contributed by atoms with Gasteiger partial charge in [0.15, 0.2) is 4.34 Å². The van der Waals surface area contributed by atoms with Crippen molar-refractivity contribution in [2.24, 2.45) is 0 Å². The van der Waals surface area contributed by atoms with E-state index < -0.39 is 0 Å². The minimum absolute atomic E-state index is 0.191. The zero-order chi connectivity index (χ0) is 19.1. The fourth-order valence-electron chi connectivity index (χ4n) is 2.07. The van der Waals surface area contributed by atoms with Crippen molar-refractivity contribution < 1.29 is 4.79 Å². The number of amides is 1. The average molecular weight is 434 g/mol. The van der Waals surface area contributed by atoms with Gasteiger partial charge in [-0.2, -0.15) is 0 Å². The van der Waals surface area contributed by atoms with Crippen LogP contribution in [-0.4, -0.2) is 21.9 Å². The lowest BCUT2D eigenvalue weighted by molar-refractivity contribution is 0.102. The number of rotatable bonds is 8. The van der Waals surface area contributed by atoms with Crippen molar-refractivity contribution >= 4 is 57.5 Å². The molecule has 0 aliphatic carbocycles. The van der Waals surface area contributed by atoms with Gasteiger partial charge in [0.05, 0.1) is 0 Å². The van der Waals surface area contributed by atoms with Gasteiger partial charge in [-0.1, -0.05) is 52.9 Å². The molecule has 4 nitrogen and oxygen atoms in total. The summed E-state index contributed by atoms with van der Waals surface area (Å²) in [5, 5.41) is 12.0. The lowest BCUT2D eigenvalue weighted by Crippen LogP contribution is -2.11. The summed E-state index contributed by atoms with van der Waals surface area (Å²) in [6.45, 7) is 3.67. The number of halogens is 1. The van der Waals surface area contributed by atoms with E-state index in [1.807, 2.05) is 48.5 Å². The zero-order valence-electron chi connectivity index (χ0n) is 14.2. The monoisotopic (exact) mass is 433 g/mol. The molecule has 3 aromatic rings. The third kappa shape index (κ3) is 6.10. The average Bonchev–Trinajstić information content (AvgIpc) is 3.13. The molecule has 2 aromatic carbocycles. The van der Waals surface area contributed by atoms with Gasteiger partial charge < -0.3 is 0 Å². The van der Waals surface area contributed by atoms with Gasteiger partial charge >= 0.3 is 0 Å². The number of aromatic nitrogens is 2. The van der Waals surface area contributed by atoms with Crippen molar-refractivity contribution in [3.05, 3.63) is 77.3 Å². The van der Waals surface area contributed by atoms with Gasteiger partial charge in [-0.3, -0.25) is 10.1 Å². The number of thioether (sulfide) groups is 2. The number of hydrogen-bond acceptors (Lipinski definition) is 6. The summed E-state index contributed by atoms with van der Waals surface area (Å²) in [4.78, 5) is 13.5. The molecular weight excluding hydrogens is 418 g/mol. The molecule has 3 rings (SSSR count). The van der Waals surface area contributed by atoms with Crippen LogP contribution in [0.3, 0.4) is 0 Å². The molecule has 0 bridgehead atoms. The molecule has 1 N–H and O–H groups in total. The van der Waals surface area contributed by atoms with E-state index in [2.05, 4.69) is 22.1 Å². The lowest BCUT2D eigenvalue weighted by atomic mass is 10.1. The van der Waals surface area contributed by atoms with E-state index in [1.165, 1.54) is 23.1 Å². The van der Waals surface area contributed by atoms with Gasteiger partial charge in [0, 0.05) is 27.0 Å². The van der Waals surface area contributed by atoms with E-state index in [0.29, 0.717) is 10.7 Å². The van der Waals surface area contributed by atoms with Crippen molar-refractivity contribution in [2.75, 3.05) is 11.1 Å². The Morgan fingerprint density at radius 2 is 1.85 bits per heavy atom. The van der Waals surface area contributed by atoms with Crippen LogP contribution in [-0.2, 0) is 5.75 Å². The summed E-state index contributed by atoms with van der Waals surface area (Å²) in [6.07, 6.45) is 1.80. The Hall–Kier alpha value is -1.80. The Labute approximate surface area is 175 Å². The molecular formula is C19H16ClN3OS3. The molecule has 8 heteroatoms. The second kappa shape index (κ2) is 9.94. The standard InChI is InChI=1S/C19H16ClN3OS3/c1-2-11-25-19-23-22-18(27-19)21-17(24)14-5-3-13(4-6-14)12-26-16-9-7-15(20)8-10-16/h2-10H,1,11-12H2,(H,21,22,24). The molecule has 0 spiro atoms. The van der Waals surface area contributed by atoms with Crippen LogP contribution in [0.5, 0.6) is 0 Å². The van der Waals surface area contributed by atoms with Gasteiger partial charge in [-0.05, 0) is 42.0 Å². The normalized spacial score (nSPS) is 10.6. The van der Waals surface area contributed by atoms with Crippen LogP contribution < -0.4 is 5.32 Å². The van der Waals surface area contributed by atoms with Crippen molar-refractivity contribution in [3.63, 3.8) is 0 Å². The van der Waals surface area contributed by atoms with E-state index in [9.17, 15) is 4.79 Å². The third-order valence-corrected chi connectivity index (χ3v) is 6.69. The second-order valence-electron chi connectivity index (χ2n) is 5.37. The fourth-order valence-corrected chi connectivity index (χ4v) is 4.56. The second-order valence-corrected chi connectivity index (χ2v) is 9.10. The Kier molecular flexibility index (Phi) is 7.34. The summed E-state index contributed by atoms with van der Waals surface area (Å²) >= 11 is 10.5. The van der Waals surface area contributed by atoms with Crippen LogP contribution in [0.2, 0.25) is 5.02 Å². The van der Waals surface area contributed by atoms with Crippen molar-refractivity contribution in [1.82, 2.24) is 10.2 Å². The topological polar surface area (TPSA) is 54.9 Å². The molecule has 0 radical (unpaired) electrons. The minimum Gasteiger partial charge on any atom is -0.296 e. The molecule has 138 valence electrons. The van der Waals surface area contributed by atoms with E-state index in [-0.39, 0.29) is 5.91 Å². The molecule has 0 aliphatic rings. The highest BCUT2D eigenvalue weighted by Crippen LogP contribution is 2.26. The van der Waals surface area contributed by atoms with Gasteiger partial charge in [0.2, 0.25) is 5.13 Å². The smallest absolute Gasteiger partial charge is 0.257 e. The maximum Gasteiger partial charge on any atom is 0.257 e. The fraction of sp³-hybridized carbons (Fsp3) is 0.105. The largest absolute Gasteiger partial charge is 0.296 e. The SMILES string of the molecule is C=CCSc1nnc(NC(=O)c2ccc(CSc3ccc(Cl)cc3)cc2)s1.